The summed E-state index contributed by atoms with van der Waals surface area (Å²) in [5, 5.41) is 12.3. The maximum atomic E-state index is 12.6. The first-order chi connectivity index (χ1) is 12.3. The minimum absolute atomic E-state index is 0.110. The molecule has 1 aliphatic rings. The monoisotopic (exact) mass is 383 g/mol. The summed E-state index contributed by atoms with van der Waals surface area (Å²) in [5.74, 6) is -0.137. The molecule has 1 saturated heterocycles. The van der Waals surface area contributed by atoms with Gasteiger partial charge in [-0.2, -0.15) is 0 Å². The van der Waals surface area contributed by atoms with E-state index >= 15 is 0 Å². The molecule has 1 aromatic carbocycles. The number of hydrogen-bond donors (Lipinski definition) is 2. The average Bonchev–Trinajstić information content (AvgIpc) is 2.59. The molecular formula is C18H26ClN3O4. The van der Waals surface area contributed by atoms with Crippen LogP contribution < -0.4 is 10.1 Å². The Bertz CT molecular complexity index is 653. The van der Waals surface area contributed by atoms with Crippen LogP contribution in [0.1, 0.15) is 19.3 Å². The van der Waals surface area contributed by atoms with Crippen molar-refractivity contribution < 1.29 is 19.4 Å². The van der Waals surface area contributed by atoms with Crippen molar-refractivity contribution in [2.24, 2.45) is 5.92 Å². The number of hydrogen-bond acceptors (Lipinski definition) is 4. The fourth-order valence-corrected chi connectivity index (χ4v) is 3.68. The summed E-state index contributed by atoms with van der Waals surface area (Å²) in [6.45, 7) is 1.16. The van der Waals surface area contributed by atoms with Crippen molar-refractivity contribution in [2.75, 3.05) is 39.6 Å². The number of nitrogens with one attached hydrogen (secondary N) is 1. The van der Waals surface area contributed by atoms with Crippen LogP contribution in [0.3, 0.4) is 0 Å². The molecular weight excluding hydrogens is 358 g/mol. The molecule has 0 bridgehead atoms. The summed E-state index contributed by atoms with van der Waals surface area (Å²) in [4.78, 5) is 27.4. The van der Waals surface area contributed by atoms with Crippen molar-refractivity contribution in [3.05, 3.63) is 23.2 Å². The van der Waals surface area contributed by atoms with Crippen LogP contribution in [0.25, 0.3) is 0 Å². The molecule has 0 radical (unpaired) electrons. The lowest BCUT2D eigenvalue weighted by molar-refractivity contribution is -0.137. The van der Waals surface area contributed by atoms with Gasteiger partial charge in [0.2, 0.25) is 0 Å². The molecule has 0 saturated carbocycles. The lowest BCUT2D eigenvalue weighted by Gasteiger charge is -2.41. The Labute approximate surface area is 158 Å². The van der Waals surface area contributed by atoms with Gasteiger partial charge >= 0.3 is 12.0 Å². The summed E-state index contributed by atoms with van der Waals surface area (Å²) in [7, 11) is 5.52. The van der Waals surface area contributed by atoms with E-state index in [-0.39, 0.29) is 24.4 Å². The molecule has 8 heteroatoms. The fourth-order valence-electron chi connectivity index (χ4n) is 3.42. The highest BCUT2D eigenvalue weighted by Crippen LogP contribution is 2.28. The molecule has 1 aromatic rings. The zero-order valence-corrected chi connectivity index (χ0v) is 16.1. The van der Waals surface area contributed by atoms with Crippen molar-refractivity contribution in [1.82, 2.24) is 9.80 Å². The highest BCUT2D eigenvalue weighted by Gasteiger charge is 2.32. The van der Waals surface area contributed by atoms with Gasteiger partial charge in [0, 0.05) is 31.2 Å². The van der Waals surface area contributed by atoms with Crippen molar-refractivity contribution in [3.8, 4) is 5.75 Å². The SMILES string of the molecule is COc1ccc(NC(=O)N2CC[C@@H](N(C)C)[C@@H](CCC(=O)O)C2)cc1Cl. The van der Waals surface area contributed by atoms with Gasteiger partial charge in [0.25, 0.3) is 0 Å². The predicted octanol–water partition coefficient (Wildman–Crippen LogP) is 3.00. The lowest BCUT2D eigenvalue weighted by Crippen LogP contribution is -2.51. The zero-order valence-electron chi connectivity index (χ0n) is 15.4. The highest BCUT2D eigenvalue weighted by molar-refractivity contribution is 6.32. The maximum Gasteiger partial charge on any atom is 0.321 e. The highest BCUT2D eigenvalue weighted by atomic mass is 35.5. The van der Waals surface area contributed by atoms with Crippen LogP contribution in [0.5, 0.6) is 5.75 Å². The zero-order chi connectivity index (χ0) is 19.3. The summed E-state index contributed by atoms with van der Waals surface area (Å²) in [6.07, 6.45) is 1.48. The number of urea groups is 1. The van der Waals surface area contributed by atoms with Crippen molar-refractivity contribution >= 4 is 29.3 Å². The molecule has 26 heavy (non-hydrogen) atoms. The van der Waals surface area contributed by atoms with E-state index in [1.165, 1.54) is 7.11 Å². The van der Waals surface area contributed by atoms with Crippen LogP contribution in [0.2, 0.25) is 5.02 Å². The Kier molecular flexibility index (Phi) is 7.11. The summed E-state index contributed by atoms with van der Waals surface area (Å²) in [5.41, 5.74) is 0.595. The predicted molar refractivity (Wildman–Crippen MR) is 101 cm³/mol. The molecule has 2 atom stereocenters. The molecule has 7 nitrogen and oxygen atoms in total. The second-order valence-electron chi connectivity index (χ2n) is 6.74. The summed E-state index contributed by atoms with van der Waals surface area (Å²) < 4.78 is 5.11. The first-order valence-electron chi connectivity index (χ1n) is 8.59. The Balaban J connectivity index is 2.02. The van der Waals surface area contributed by atoms with Crippen LogP contribution in [0, 0.1) is 5.92 Å². The quantitative estimate of drug-likeness (QED) is 0.789. The Morgan fingerprint density at radius 1 is 1.42 bits per heavy atom. The number of piperidine rings is 1. The smallest absolute Gasteiger partial charge is 0.321 e. The molecule has 144 valence electrons. The lowest BCUT2D eigenvalue weighted by atomic mass is 9.87. The van der Waals surface area contributed by atoms with E-state index in [9.17, 15) is 9.59 Å². The molecule has 0 aliphatic carbocycles. The number of likely N-dealkylation sites (tertiary alicyclic amines) is 1. The molecule has 1 aliphatic heterocycles. The number of methoxy groups -OCH3 is 1. The number of carbonyl (C=O) groups excluding carboxylic acids is 1. The van der Waals surface area contributed by atoms with Gasteiger partial charge in [0.1, 0.15) is 5.75 Å². The Morgan fingerprint density at radius 3 is 2.73 bits per heavy atom. The average molecular weight is 384 g/mol. The molecule has 0 aromatic heterocycles. The third-order valence-electron chi connectivity index (χ3n) is 4.78. The number of nitrogens with zero attached hydrogens (tertiary/aromatic N) is 2. The van der Waals surface area contributed by atoms with Crippen LogP contribution in [0.4, 0.5) is 10.5 Å². The topological polar surface area (TPSA) is 82.1 Å². The Morgan fingerprint density at radius 2 is 2.15 bits per heavy atom. The van der Waals surface area contributed by atoms with Gasteiger partial charge in [-0.1, -0.05) is 11.6 Å². The Hall–Kier alpha value is -1.99. The minimum atomic E-state index is -0.808. The van der Waals surface area contributed by atoms with E-state index in [1.54, 1.807) is 23.1 Å². The molecule has 2 amide bonds. The number of amides is 2. The standard InChI is InChI=1S/C18H26ClN3O4/c1-21(2)15-8-9-22(11-12(15)4-7-17(23)24)18(25)20-13-5-6-16(26-3)14(19)10-13/h5-6,10,12,15H,4,7-9,11H2,1-3H3,(H,20,25)(H,23,24)/t12-,15+/m0/s1. The van der Waals surface area contributed by atoms with E-state index in [0.29, 0.717) is 36.0 Å². The van der Waals surface area contributed by atoms with Crippen LogP contribution in [0.15, 0.2) is 18.2 Å². The van der Waals surface area contributed by atoms with Crippen LogP contribution >= 0.6 is 11.6 Å². The van der Waals surface area contributed by atoms with Crippen LogP contribution in [-0.4, -0.2) is 67.2 Å². The second kappa shape index (κ2) is 9.09. The fraction of sp³-hybridized carbons (Fsp3) is 0.556. The van der Waals surface area contributed by atoms with E-state index in [1.807, 2.05) is 14.1 Å². The van der Waals surface area contributed by atoms with Gasteiger partial charge in [-0.3, -0.25) is 4.79 Å². The minimum Gasteiger partial charge on any atom is -0.495 e. The third kappa shape index (κ3) is 5.25. The number of aliphatic carboxylic acids is 1. The van der Waals surface area contributed by atoms with Gasteiger partial charge < -0.3 is 25.0 Å². The second-order valence-corrected chi connectivity index (χ2v) is 7.14. The van der Waals surface area contributed by atoms with Gasteiger partial charge in [0.05, 0.1) is 12.1 Å². The normalized spacial score (nSPS) is 20.1. The first kappa shape index (κ1) is 20.3. The molecule has 1 fully saturated rings. The number of anilines is 1. The maximum absolute atomic E-state index is 12.6. The van der Waals surface area contributed by atoms with E-state index < -0.39 is 5.97 Å². The number of carboxylic acids is 1. The number of carbonyl (C=O) groups is 2. The van der Waals surface area contributed by atoms with Gasteiger partial charge in [0.15, 0.2) is 0 Å². The van der Waals surface area contributed by atoms with Crippen LogP contribution in [-0.2, 0) is 4.79 Å². The molecule has 0 unspecified atom stereocenters. The largest absolute Gasteiger partial charge is 0.495 e. The van der Waals surface area contributed by atoms with E-state index in [4.69, 9.17) is 21.4 Å². The van der Waals surface area contributed by atoms with Crippen molar-refractivity contribution in [1.29, 1.82) is 0 Å². The van der Waals surface area contributed by atoms with Gasteiger partial charge in [-0.25, -0.2) is 4.79 Å². The van der Waals surface area contributed by atoms with Crippen molar-refractivity contribution in [3.63, 3.8) is 0 Å². The van der Waals surface area contributed by atoms with Crippen molar-refractivity contribution in [2.45, 2.75) is 25.3 Å². The van der Waals surface area contributed by atoms with Gasteiger partial charge in [-0.05, 0) is 51.1 Å². The number of ether oxygens (including phenoxy) is 1. The molecule has 1 heterocycles. The third-order valence-corrected chi connectivity index (χ3v) is 5.07. The number of rotatable bonds is 6. The summed E-state index contributed by atoms with van der Waals surface area (Å²) >= 11 is 6.10. The molecule has 0 spiro atoms. The number of carboxylic acid groups (broad SMARTS) is 1. The van der Waals surface area contributed by atoms with Gasteiger partial charge in [-0.15, -0.1) is 0 Å². The first-order valence-corrected chi connectivity index (χ1v) is 8.97. The molecule has 2 N–H and O–H groups in total. The number of halogens is 1. The molecule has 2 rings (SSSR count). The number of benzene rings is 1. The summed E-state index contributed by atoms with van der Waals surface area (Å²) in [6, 6.07) is 5.15. The van der Waals surface area contributed by atoms with E-state index in [2.05, 4.69) is 10.2 Å². The van der Waals surface area contributed by atoms with E-state index in [0.717, 1.165) is 6.42 Å².